The van der Waals surface area contributed by atoms with Crippen LogP contribution >= 0.6 is 11.6 Å². The molecule has 0 saturated carbocycles. The number of rotatable bonds is 8. The van der Waals surface area contributed by atoms with Crippen LogP contribution < -0.4 is 0 Å². The highest BCUT2D eigenvalue weighted by Crippen LogP contribution is 2.20. The first-order chi connectivity index (χ1) is 10.1. The molecule has 0 amide bonds. The van der Waals surface area contributed by atoms with Crippen molar-refractivity contribution in [2.24, 2.45) is 0 Å². The highest BCUT2D eigenvalue weighted by Gasteiger charge is 2.23. The van der Waals surface area contributed by atoms with E-state index in [4.69, 9.17) is 21.1 Å². The van der Waals surface area contributed by atoms with Gasteiger partial charge in [0, 0.05) is 6.20 Å². The predicted octanol–water partition coefficient (Wildman–Crippen LogP) is 3.65. The van der Waals surface area contributed by atoms with Crippen LogP contribution in [0.25, 0.3) is 0 Å². The van der Waals surface area contributed by atoms with Gasteiger partial charge >= 0.3 is 11.9 Å². The van der Waals surface area contributed by atoms with Gasteiger partial charge in [0.1, 0.15) is 10.7 Å². The Hall–Kier alpha value is -1.62. The van der Waals surface area contributed by atoms with Crippen LogP contribution in [-0.4, -0.2) is 30.1 Å². The highest BCUT2D eigenvalue weighted by molar-refractivity contribution is 6.33. The van der Waals surface area contributed by atoms with E-state index >= 15 is 0 Å². The van der Waals surface area contributed by atoms with Gasteiger partial charge in [0.15, 0.2) is 0 Å². The Balaban J connectivity index is 2.86. The third-order valence-corrected chi connectivity index (χ3v) is 3.08. The van der Waals surface area contributed by atoms with Crippen molar-refractivity contribution < 1.29 is 19.1 Å². The maximum Gasteiger partial charge on any atom is 0.342 e. The summed E-state index contributed by atoms with van der Waals surface area (Å²) in [6, 6.07) is 1.41. The lowest BCUT2D eigenvalue weighted by Crippen LogP contribution is -2.16. The molecule has 0 unspecified atom stereocenters. The molecule has 0 aromatic carbocycles. The van der Waals surface area contributed by atoms with Crippen molar-refractivity contribution in [3.05, 3.63) is 28.5 Å². The molecular weight excluding hydrogens is 294 g/mol. The lowest BCUT2D eigenvalue weighted by Gasteiger charge is -2.10. The van der Waals surface area contributed by atoms with Crippen LogP contribution in [0.15, 0.2) is 12.3 Å². The lowest BCUT2D eigenvalue weighted by atomic mass is 10.1. The Morgan fingerprint density at radius 2 is 1.67 bits per heavy atom. The third-order valence-electron chi connectivity index (χ3n) is 2.79. The number of hydrogen-bond donors (Lipinski definition) is 0. The number of carbonyl (C=O) groups is 2. The van der Waals surface area contributed by atoms with Crippen molar-refractivity contribution in [1.29, 1.82) is 0 Å². The van der Waals surface area contributed by atoms with E-state index in [0.717, 1.165) is 25.7 Å². The van der Waals surface area contributed by atoms with Crippen LogP contribution in [0, 0.1) is 0 Å². The van der Waals surface area contributed by atoms with Crippen molar-refractivity contribution in [3.8, 4) is 0 Å². The number of halogens is 1. The van der Waals surface area contributed by atoms with Gasteiger partial charge in [0.2, 0.25) is 0 Å². The summed E-state index contributed by atoms with van der Waals surface area (Å²) < 4.78 is 10.2. The topological polar surface area (TPSA) is 65.5 Å². The molecule has 0 atom stereocenters. The van der Waals surface area contributed by atoms with E-state index < -0.39 is 11.9 Å². The van der Waals surface area contributed by atoms with Gasteiger partial charge in [-0.25, -0.2) is 14.6 Å². The maximum absolute atomic E-state index is 12.0. The molecular formula is C15H20ClNO4. The first-order valence-corrected chi connectivity index (χ1v) is 7.48. The fraction of sp³-hybridized carbons (Fsp3) is 0.533. The van der Waals surface area contributed by atoms with Crippen LogP contribution in [0.4, 0.5) is 0 Å². The van der Waals surface area contributed by atoms with Gasteiger partial charge in [-0.2, -0.15) is 0 Å². The van der Waals surface area contributed by atoms with E-state index in [1.54, 1.807) is 0 Å². The van der Waals surface area contributed by atoms with Crippen molar-refractivity contribution >= 4 is 23.5 Å². The Morgan fingerprint density at radius 1 is 1.10 bits per heavy atom. The summed E-state index contributed by atoms with van der Waals surface area (Å²) in [5, 5.41) is -0.0542. The zero-order chi connectivity index (χ0) is 15.7. The van der Waals surface area contributed by atoms with E-state index in [-0.39, 0.29) is 22.9 Å². The first-order valence-electron chi connectivity index (χ1n) is 7.10. The fourth-order valence-corrected chi connectivity index (χ4v) is 1.80. The molecule has 5 nitrogen and oxygen atoms in total. The summed E-state index contributed by atoms with van der Waals surface area (Å²) >= 11 is 5.92. The standard InChI is InChI=1S/C15H20ClNO4/c1-3-5-9-20-14(18)11-7-8-17-13(16)12(11)15(19)21-10-6-4-2/h7-8H,3-6,9-10H2,1-2H3. The molecule has 0 saturated heterocycles. The van der Waals surface area contributed by atoms with Gasteiger partial charge < -0.3 is 9.47 Å². The van der Waals surface area contributed by atoms with Crippen molar-refractivity contribution in [1.82, 2.24) is 4.98 Å². The maximum atomic E-state index is 12.0. The molecule has 0 bridgehead atoms. The van der Waals surface area contributed by atoms with Crippen molar-refractivity contribution in [2.45, 2.75) is 39.5 Å². The molecule has 1 heterocycles. The second kappa shape index (κ2) is 9.34. The summed E-state index contributed by atoms with van der Waals surface area (Å²) in [6.45, 7) is 4.57. The summed E-state index contributed by atoms with van der Waals surface area (Å²) in [5.41, 5.74) is 0.0596. The molecule has 1 rings (SSSR count). The van der Waals surface area contributed by atoms with Gasteiger partial charge in [-0.3, -0.25) is 0 Å². The van der Waals surface area contributed by atoms with E-state index in [2.05, 4.69) is 4.98 Å². The molecule has 1 aromatic rings. The lowest BCUT2D eigenvalue weighted by molar-refractivity contribution is 0.0452. The molecule has 6 heteroatoms. The monoisotopic (exact) mass is 313 g/mol. The molecule has 0 spiro atoms. The number of ether oxygens (including phenoxy) is 2. The highest BCUT2D eigenvalue weighted by atomic mass is 35.5. The molecule has 0 aliphatic rings. The van der Waals surface area contributed by atoms with Gasteiger partial charge in [-0.1, -0.05) is 38.3 Å². The van der Waals surface area contributed by atoms with Crippen LogP contribution in [-0.2, 0) is 9.47 Å². The molecule has 0 radical (unpaired) electrons. The normalized spacial score (nSPS) is 10.2. The summed E-state index contributed by atoms with van der Waals surface area (Å²) in [4.78, 5) is 27.9. The van der Waals surface area contributed by atoms with Crippen molar-refractivity contribution in [2.75, 3.05) is 13.2 Å². The largest absolute Gasteiger partial charge is 0.462 e. The number of nitrogens with zero attached hydrogens (tertiary/aromatic N) is 1. The summed E-state index contributed by atoms with van der Waals surface area (Å²) in [7, 11) is 0. The molecule has 0 aliphatic heterocycles. The number of pyridine rings is 1. The molecule has 0 fully saturated rings. The minimum atomic E-state index is -0.649. The second-order valence-corrected chi connectivity index (χ2v) is 4.86. The van der Waals surface area contributed by atoms with Crippen LogP contribution in [0.2, 0.25) is 5.15 Å². The Morgan fingerprint density at radius 3 is 2.24 bits per heavy atom. The number of aromatic nitrogens is 1. The first kappa shape index (κ1) is 17.4. The quantitative estimate of drug-likeness (QED) is 0.416. The van der Waals surface area contributed by atoms with Gasteiger partial charge in [-0.05, 0) is 18.9 Å². The third kappa shape index (κ3) is 5.34. The molecule has 21 heavy (non-hydrogen) atoms. The SMILES string of the molecule is CCCCOC(=O)c1ccnc(Cl)c1C(=O)OCCCC. The summed E-state index contributed by atoms with van der Waals surface area (Å²) in [6.07, 6.45) is 4.69. The minimum absolute atomic E-state index is 0.0308. The fourth-order valence-electron chi connectivity index (χ4n) is 1.57. The zero-order valence-corrected chi connectivity index (χ0v) is 13.1. The average molecular weight is 314 g/mol. The number of hydrogen-bond acceptors (Lipinski definition) is 5. The Kier molecular flexibility index (Phi) is 7.75. The van der Waals surface area contributed by atoms with Gasteiger partial charge in [0.25, 0.3) is 0 Å². The smallest absolute Gasteiger partial charge is 0.342 e. The molecule has 1 aromatic heterocycles. The van der Waals surface area contributed by atoms with E-state index in [0.29, 0.717) is 6.61 Å². The van der Waals surface area contributed by atoms with E-state index in [1.165, 1.54) is 12.3 Å². The van der Waals surface area contributed by atoms with Gasteiger partial charge in [0.05, 0.1) is 18.8 Å². The predicted molar refractivity (Wildman–Crippen MR) is 79.6 cm³/mol. The van der Waals surface area contributed by atoms with E-state index in [1.807, 2.05) is 13.8 Å². The van der Waals surface area contributed by atoms with E-state index in [9.17, 15) is 9.59 Å². The molecule has 0 N–H and O–H groups in total. The summed E-state index contributed by atoms with van der Waals surface area (Å²) in [5.74, 6) is -1.24. The minimum Gasteiger partial charge on any atom is -0.462 e. The second-order valence-electron chi connectivity index (χ2n) is 4.50. The number of esters is 2. The molecule has 116 valence electrons. The van der Waals surface area contributed by atoms with Crippen molar-refractivity contribution in [3.63, 3.8) is 0 Å². The number of carbonyl (C=O) groups excluding carboxylic acids is 2. The Bertz CT molecular complexity index is 491. The van der Waals surface area contributed by atoms with Gasteiger partial charge in [-0.15, -0.1) is 0 Å². The van der Waals surface area contributed by atoms with Crippen LogP contribution in [0.1, 0.15) is 60.2 Å². The molecule has 0 aliphatic carbocycles. The van der Waals surface area contributed by atoms with Crippen LogP contribution in [0.3, 0.4) is 0 Å². The zero-order valence-electron chi connectivity index (χ0n) is 12.4. The van der Waals surface area contributed by atoms with Crippen LogP contribution in [0.5, 0.6) is 0 Å². The average Bonchev–Trinajstić information content (AvgIpc) is 2.47. The Labute approximate surface area is 129 Å². The number of unbranched alkanes of at least 4 members (excludes halogenated alkanes) is 2.